The molecule has 1 heterocycles. The van der Waals surface area contributed by atoms with Crippen molar-refractivity contribution in [2.45, 2.75) is 13.8 Å². The smallest absolute Gasteiger partial charge is 0.270 e. The molecule has 1 aromatic carbocycles. The van der Waals surface area contributed by atoms with Gasteiger partial charge in [-0.2, -0.15) is 0 Å². The van der Waals surface area contributed by atoms with E-state index in [2.05, 4.69) is 33.6 Å². The highest BCUT2D eigenvalue weighted by Crippen LogP contribution is 2.21. The summed E-state index contributed by atoms with van der Waals surface area (Å²) in [6, 6.07) is 7.63. The van der Waals surface area contributed by atoms with Crippen molar-refractivity contribution in [3.05, 3.63) is 47.4 Å². The molecule has 1 aromatic heterocycles. The lowest BCUT2D eigenvalue weighted by Crippen LogP contribution is -2.27. The van der Waals surface area contributed by atoms with E-state index in [1.54, 1.807) is 13.2 Å². The number of carbonyl (C=O) groups excluding carboxylic acids is 1. The first-order valence-corrected chi connectivity index (χ1v) is 7.04. The Kier molecular flexibility index (Phi) is 5.43. The number of methoxy groups -OCH3 is 1. The van der Waals surface area contributed by atoms with Crippen molar-refractivity contribution in [1.29, 1.82) is 0 Å². The van der Waals surface area contributed by atoms with Gasteiger partial charge in [-0.15, -0.1) is 0 Å². The highest BCUT2D eigenvalue weighted by atomic mass is 16.5. The Morgan fingerprint density at radius 2 is 2.09 bits per heavy atom. The van der Waals surface area contributed by atoms with Gasteiger partial charge in [0.1, 0.15) is 17.8 Å². The Balaban J connectivity index is 2.11. The largest absolute Gasteiger partial charge is 0.383 e. The Hall–Kier alpha value is -2.47. The Morgan fingerprint density at radius 1 is 1.27 bits per heavy atom. The second-order valence-electron chi connectivity index (χ2n) is 4.91. The molecule has 0 atom stereocenters. The number of rotatable bonds is 6. The van der Waals surface area contributed by atoms with Crippen molar-refractivity contribution in [2.24, 2.45) is 0 Å². The van der Waals surface area contributed by atoms with Gasteiger partial charge in [-0.25, -0.2) is 9.97 Å². The van der Waals surface area contributed by atoms with E-state index in [1.165, 1.54) is 11.9 Å². The summed E-state index contributed by atoms with van der Waals surface area (Å²) in [7, 11) is 1.59. The summed E-state index contributed by atoms with van der Waals surface area (Å²) in [5, 5.41) is 5.95. The molecule has 116 valence electrons. The predicted octanol–water partition coefficient (Wildman–Crippen LogP) is 2.21. The van der Waals surface area contributed by atoms with Crippen molar-refractivity contribution in [1.82, 2.24) is 15.3 Å². The van der Waals surface area contributed by atoms with Crippen LogP contribution in [0.25, 0.3) is 0 Å². The summed E-state index contributed by atoms with van der Waals surface area (Å²) in [6.07, 6.45) is 1.37. The van der Waals surface area contributed by atoms with E-state index in [-0.39, 0.29) is 5.91 Å². The zero-order valence-electron chi connectivity index (χ0n) is 13.0. The van der Waals surface area contributed by atoms with E-state index in [0.29, 0.717) is 24.7 Å². The van der Waals surface area contributed by atoms with Crippen molar-refractivity contribution >= 4 is 17.4 Å². The lowest BCUT2D eigenvalue weighted by atomic mass is 10.1. The number of aryl methyl sites for hydroxylation is 1. The maximum absolute atomic E-state index is 12.0. The number of carbonyl (C=O) groups is 1. The van der Waals surface area contributed by atoms with Crippen LogP contribution in [0, 0.1) is 13.8 Å². The molecule has 0 saturated heterocycles. The number of nitrogens with zero attached hydrogens (tertiary/aromatic N) is 2. The molecule has 0 bridgehead atoms. The van der Waals surface area contributed by atoms with Crippen LogP contribution in [0.4, 0.5) is 11.5 Å². The van der Waals surface area contributed by atoms with E-state index in [0.717, 1.165) is 11.3 Å². The molecule has 2 rings (SSSR count). The van der Waals surface area contributed by atoms with Gasteiger partial charge in [-0.1, -0.05) is 12.1 Å². The number of amides is 1. The molecule has 6 heteroatoms. The van der Waals surface area contributed by atoms with Crippen LogP contribution in [0.5, 0.6) is 0 Å². The minimum atomic E-state index is -0.247. The summed E-state index contributed by atoms with van der Waals surface area (Å²) in [5.41, 5.74) is 3.62. The summed E-state index contributed by atoms with van der Waals surface area (Å²) >= 11 is 0. The van der Waals surface area contributed by atoms with E-state index >= 15 is 0 Å². The van der Waals surface area contributed by atoms with Crippen LogP contribution >= 0.6 is 0 Å². The highest BCUT2D eigenvalue weighted by Gasteiger charge is 2.09. The molecular weight excluding hydrogens is 280 g/mol. The van der Waals surface area contributed by atoms with Gasteiger partial charge < -0.3 is 15.4 Å². The van der Waals surface area contributed by atoms with Crippen LogP contribution in [-0.2, 0) is 4.74 Å². The zero-order chi connectivity index (χ0) is 15.9. The van der Waals surface area contributed by atoms with E-state index in [1.807, 2.05) is 19.1 Å². The number of benzene rings is 1. The number of hydrogen-bond acceptors (Lipinski definition) is 5. The van der Waals surface area contributed by atoms with Gasteiger partial charge >= 0.3 is 0 Å². The lowest BCUT2D eigenvalue weighted by molar-refractivity contribution is 0.0932. The summed E-state index contributed by atoms with van der Waals surface area (Å²) in [6.45, 7) is 5.00. The van der Waals surface area contributed by atoms with Gasteiger partial charge in [0, 0.05) is 25.4 Å². The molecule has 6 nitrogen and oxygen atoms in total. The van der Waals surface area contributed by atoms with Crippen LogP contribution in [0.2, 0.25) is 0 Å². The molecule has 2 N–H and O–H groups in total. The maximum atomic E-state index is 12.0. The normalized spacial score (nSPS) is 10.3. The van der Waals surface area contributed by atoms with Gasteiger partial charge in [0.15, 0.2) is 0 Å². The van der Waals surface area contributed by atoms with Gasteiger partial charge in [0.2, 0.25) is 0 Å². The first kappa shape index (κ1) is 15.9. The molecule has 0 aliphatic rings. The van der Waals surface area contributed by atoms with Gasteiger partial charge in [0.05, 0.1) is 6.61 Å². The molecule has 22 heavy (non-hydrogen) atoms. The van der Waals surface area contributed by atoms with E-state index < -0.39 is 0 Å². The molecule has 0 aliphatic carbocycles. The van der Waals surface area contributed by atoms with Crippen LogP contribution in [-0.4, -0.2) is 36.1 Å². The zero-order valence-corrected chi connectivity index (χ0v) is 13.0. The van der Waals surface area contributed by atoms with Crippen molar-refractivity contribution in [2.75, 3.05) is 25.6 Å². The van der Waals surface area contributed by atoms with Crippen LogP contribution in [0.1, 0.15) is 21.6 Å². The summed E-state index contributed by atoms with van der Waals surface area (Å²) in [5.74, 6) is 0.337. The minimum Gasteiger partial charge on any atom is -0.383 e. The third-order valence-electron chi connectivity index (χ3n) is 3.36. The van der Waals surface area contributed by atoms with Crippen LogP contribution in [0.3, 0.4) is 0 Å². The average molecular weight is 300 g/mol. The number of aromatic nitrogens is 2. The SMILES string of the molecule is COCCNC(=O)c1cc(Nc2cccc(C)c2C)ncn1. The number of ether oxygens (including phenoxy) is 1. The van der Waals surface area contributed by atoms with Gasteiger partial charge in [0.25, 0.3) is 5.91 Å². The average Bonchev–Trinajstić information content (AvgIpc) is 2.52. The quantitative estimate of drug-likeness (QED) is 0.800. The standard InChI is InChI=1S/C16H20N4O2/c1-11-5-4-6-13(12(11)2)20-15-9-14(18-10-19-15)16(21)17-7-8-22-3/h4-6,9-10H,7-8H2,1-3H3,(H,17,21)(H,18,19,20). The lowest BCUT2D eigenvalue weighted by Gasteiger charge is -2.11. The van der Waals surface area contributed by atoms with E-state index in [9.17, 15) is 4.79 Å². The van der Waals surface area contributed by atoms with Crippen LogP contribution in [0.15, 0.2) is 30.6 Å². The maximum Gasteiger partial charge on any atom is 0.270 e. The Bertz CT molecular complexity index is 658. The highest BCUT2D eigenvalue weighted by molar-refractivity contribution is 5.92. The fourth-order valence-corrected chi connectivity index (χ4v) is 1.93. The first-order chi connectivity index (χ1) is 10.6. The fourth-order valence-electron chi connectivity index (χ4n) is 1.93. The first-order valence-electron chi connectivity index (χ1n) is 7.04. The number of anilines is 2. The monoisotopic (exact) mass is 300 g/mol. The van der Waals surface area contributed by atoms with Gasteiger partial charge in [-0.05, 0) is 31.0 Å². The van der Waals surface area contributed by atoms with Crippen molar-refractivity contribution in [3.63, 3.8) is 0 Å². The molecule has 0 fully saturated rings. The molecule has 0 saturated carbocycles. The molecule has 0 unspecified atom stereocenters. The third kappa shape index (κ3) is 4.02. The molecule has 2 aromatic rings. The second kappa shape index (κ2) is 7.51. The topological polar surface area (TPSA) is 76.1 Å². The predicted molar refractivity (Wildman–Crippen MR) is 85.4 cm³/mol. The third-order valence-corrected chi connectivity index (χ3v) is 3.36. The number of nitrogens with one attached hydrogen (secondary N) is 2. The molecular formula is C16H20N4O2. The summed E-state index contributed by atoms with van der Waals surface area (Å²) in [4.78, 5) is 20.1. The second-order valence-corrected chi connectivity index (χ2v) is 4.91. The summed E-state index contributed by atoms with van der Waals surface area (Å²) < 4.78 is 4.90. The van der Waals surface area contributed by atoms with Gasteiger partial charge in [-0.3, -0.25) is 4.79 Å². The van der Waals surface area contributed by atoms with E-state index in [4.69, 9.17) is 4.74 Å². The number of hydrogen-bond donors (Lipinski definition) is 2. The minimum absolute atomic E-state index is 0.247. The fraction of sp³-hybridized carbons (Fsp3) is 0.312. The molecule has 0 aliphatic heterocycles. The molecule has 1 amide bonds. The van der Waals surface area contributed by atoms with Crippen molar-refractivity contribution in [3.8, 4) is 0 Å². The van der Waals surface area contributed by atoms with Crippen LogP contribution < -0.4 is 10.6 Å². The Morgan fingerprint density at radius 3 is 2.86 bits per heavy atom. The Labute approximate surface area is 129 Å². The van der Waals surface area contributed by atoms with Crippen molar-refractivity contribution < 1.29 is 9.53 Å². The molecule has 0 radical (unpaired) electrons. The molecule has 0 spiro atoms.